The van der Waals surface area contributed by atoms with Gasteiger partial charge in [-0.25, -0.2) is 4.79 Å². The molecule has 7 nitrogen and oxygen atoms in total. The predicted octanol–water partition coefficient (Wildman–Crippen LogP) is 0.241. The summed E-state index contributed by atoms with van der Waals surface area (Å²) in [6, 6.07) is -1.42. The highest BCUT2D eigenvalue weighted by Gasteiger charge is 2.44. The highest BCUT2D eigenvalue weighted by molar-refractivity contribution is 8.00. The van der Waals surface area contributed by atoms with Crippen LogP contribution in [-0.4, -0.2) is 56.5 Å². The van der Waals surface area contributed by atoms with Gasteiger partial charge >= 0.3 is 12.0 Å². The molecular weight excluding hydrogens is 282 g/mol. The lowest BCUT2D eigenvalue weighted by Gasteiger charge is -2.28. The van der Waals surface area contributed by atoms with E-state index >= 15 is 0 Å². The Hall–Kier alpha value is -1.28. The third kappa shape index (κ3) is 3.43. The maximum atomic E-state index is 11.9. The highest BCUT2D eigenvalue weighted by atomic mass is 32.2. The Morgan fingerprint density at radius 2 is 2.05 bits per heavy atom. The molecule has 1 saturated heterocycles. The van der Waals surface area contributed by atoms with Crippen molar-refractivity contribution in [3.63, 3.8) is 0 Å². The molecule has 1 fully saturated rings. The van der Waals surface area contributed by atoms with Crippen LogP contribution >= 0.6 is 11.8 Å². The van der Waals surface area contributed by atoms with Crippen LogP contribution < -0.4 is 11.1 Å². The summed E-state index contributed by atoms with van der Waals surface area (Å²) in [7, 11) is 0. The fourth-order valence-electron chi connectivity index (χ4n) is 1.81. The van der Waals surface area contributed by atoms with Crippen LogP contribution in [0.25, 0.3) is 0 Å². The van der Waals surface area contributed by atoms with Gasteiger partial charge in [0.05, 0.1) is 0 Å². The normalized spacial score (nSPS) is 19.9. The molecule has 0 unspecified atom stereocenters. The number of aliphatic carboxylic acids is 1. The van der Waals surface area contributed by atoms with E-state index in [2.05, 4.69) is 5.32 Å². The molecule has 3 amide bonds. The monoisotopic (exact) mass is 303 g/mol. The van der Waals surface area contributed by atoms with Gasteiger partial charge in [-0.05, 0) is 27.7 Å². The number of carboxylic acid groups (broad SMARTS) is 1. The van der Waals surface area contributed by atoms with Crippen molar-refractivity contribution in [2.45, 2.75) is 44.0 Å². The molecule has 1 aliphatic rings. The van der Waals surface area contributed by atoms with Crippen molar-refractivity contribution in [3.8, 4) is 0 Å². The van der Waals surface area contributed by atoms with Crippen LogP contribution in [0.1, 0.15) is 27.7 Å². The highest BCUT2D eigenvalue weighted by Crippen LogP contribution is 2.28. The number of carboxylic acids is 1. The minimum Gasteiger partial charge on any atom is -0.480 e. The zero-order valence-electron chi connectivity index (χ0n) is 12.1. The van der Waals surface area contributed by atoms with E-state index in [0.29, 0.717) is 5.75 Å². The standard InChI is InChI=1S/C12H21N3O4S/c1-11(2)9(18)15(10(19)14-11)5-6-20-12(3,4)7(13)8(16)17/h7H,5-6,13H2,1-4H3,(H,14,19)(H,16,17)/t7-/m0/s1. The summed E-state index contributed by atoms with van der Waals surface area (Å²) >= 11 is 1.33. The summed E-state index contributed by atoms with van der Waals surface area (Å²) in [5.41, 5.74) is 4.73. The molecule has 20 heavy (non-hydrogen) atoms. The molecule has 1 aliphatic heterocycles. The lowest BCUT2D eigenvalue weighted by Crippen LogP contribution is -2.47. The largest absolute Gasteiger partial charge is 0.480 e. The van der Waals surface area contributed by atoms with Crippen molar-refractivity contribution in [1.82, 2.24) is 10.2 Å². The third-order valence-corrected chi connectivity index (χ3v) is 4.63. The smallest absolute Gasteiger partial charge is 0.325 e. The minimum absolute atomic E-state index is 0.231. The number of urea groups is 1. The van der Waals surface area contributed by atoms with E-state index in [1.807, 2.05) is 0 Å². The third-order valence-electron chi connectivity index (χ3n) is 3.25. The molecule has 0 spiro atoms. The topological polar surface area (TPSA) is 113 Å². The number of carbonyl (C=O) groups excluding carboxylic acids is 2. The Bertz CT molecular complexity index is 436. The average Bonchev–Trinajstić information content (AvgIpc) is 2.49. The molecule has 1 heterocycles. The van der Waals surface area contributed by atoms with E-state index in [4.69, 9.17) is 10.8 Å². The predicted molar refractivity (Wildman–Crippen MR) is 76.5 cm³/mol. The van der Waals surface area contributed by atoms with Gasteiger partial charge in [0, 0.05) is 17.0 Å². The summed E-state index contributed by atoms with van der Waals surface area (Å²) in [6.45, 7) is 6.97. The number of nitrogens with zero attached hydrogens (tertiary/aromatic N) is 1. The van der Waals surface area contributed by atoms with Gasteiger partial charge in [0.2, 0.25) is 0 Å². The van der Waals surface area contributed by atoms with Crippen LogP contribution in [0, 0.1) is 0 Å². The van der Waals surface area contributed by atoms with Crippen LogP contribution in [-0.2, 0) is 9.59 Å². The molecule has 1 atom stereocenters. The summed E-state index contributed by atoms with van der Waals surface area (Å²) < 4.78 is -0.680. The number of nitrogens with two attached hydrogens (primary N) is 1. The molecule has 1 rings (SSSR count). The van der Waals surface area contributed by atoms with Gasteiger partial charge in [-0.1, -0.05) is 0 Å². The summed E-state index contributed by atoms with van der Waals surface area (Å²) in [5.74, 6) is -0.912. The molecule has 0 aromatic rings. The number of imide groups is 1. The number of hydrogen-bond acceptors (Lipinski definition) is 5. The first kappa shape index (κ1) is 16.8. The Balaban J connectivity index is 2.55. The van der Waals surface area contributed by atoms with E-state index in [1.165, 1.54) is 11.8 Å². The first-order valence-electron chi connectivity index (χ1n) is 6.25. The van der Waals surface area contributed by atoms with Crippen molar-refractivity contribution in [2.24, 2.45) is 5.73 Å². The zero-order chi connectivity index (χ0) is 15.7. The Labute approximate surface area is 122 Å². The van der Waals surface area contributed by atoms with Crippen LogP contribution in [0.3, 0.4) is 0 Å². The lowest BCUT2D eigenvalue weighted by atomic mass is 10.1. The van der Waals surface area contributed by atoms with Gasteiger partial charge in [0.25, 0.3) is 5.91 Å². The van der Waals surface area contributed by atoms with Crippen LogP contribution in [0.5, 0.6) is 0 Å². The first-order valence-corrected chi connectivity index (χ1v) is 7.24. The van der Waals surface area contributed by atoms with Gasteiger partial charge in [0.1, 0.15) is 11.6 Å². The number of carbonyl (C=O) groups is 3. The second-order valence-electron chi connectivity index (χ2n) is 5.78. The molecule has 4 N–H and O–H groups in total. The second-order valence-corrected chi connectivity index (χ2v) is 7.53. The average molecular weight is 303 g/mol. The van der Waals surface area contributed by atoms with Gasteiger partial charge < -0.3 is 16.2 Å². The van der Waals surface area contributed by atoms with Crippen molar-refractivity contribution >= 4 is 29.7 Å². The molecule has 114 valence electrons. The zero-order valence-corrected chi connectivity index (χ0v) is 12.9. The van der Waals surface area contributed by atoms with E-state index in [1.54, 1.807) is 27.7 Å². The Kier molecular flexibility index (Phi) is 4.70. The molecule has 0 radical (unpaired) electrons. The van der Waals surface area contributed by atoms with Crippen molar-refractivity contribution in [1.29, 1.82) is 0 Å². The van der Waals surface area contributed by atoms with E-state index in [9.17, 15) is 14.4 Å². The van der Waals surface area contributed by atoms with Gasteiger partial charge in [0.15, 0.2) is 0 Å². The summed E-state index contributed by atoms with van der Waals surface area (Å²) in [5, 5.41) is 11.5. The van der Waals surface area contributed by atoms with Gasteiger partial charge in [-0.2, -0.15) is 11.8 Å². The number of amides is 3. The summed E-state index contributed by atoms with van der Waals surface area (Å²) in [4.78, 5) is 35.6. The Morgan fingerprint density at radius 3 is 2.45 bits per heavy atom. The van der Waals surface area contributed by atoms with Crippen molar-refractivity contribution in [3.05, 3.63) is 0 Å². The van der Waals surface area contributed by atoms with Crippen LogP contribution in [0.15, 0.2) is 0 Å². The second kappa shape index (κ2) is 5.61. The Morgan fingerprint density at radius 1 is 1.50 bits per heavy atom. The molecule has 0 saturated carbocycles. The lowest BCUT2D eigenvalue weighted by molar-refractivity contribution is -0.139. The number of hydrogen-bond donors (Lipinski definition) is 3. The maximum absolute atomic E-state index is 11.9. The quantitative estimate of drug-likeness (QED) is 0.606. The number of rotatable bonds is 6. The van der Waals surface area contributed by atoms with Crippen LogP contribution in [0.4, 0.5) is 4.79 Å². The number of nitrogens with one attached hydrogen (secondary N) is 1. The molecule has 0 bridgehead atoms. The summed E-state index contributed by atoms with van der Waals surface area (Å²) in [6.07, 6.45) is 0. The molecular formula is C12H21N3O4S. The SMILES string of the molecule is CC1(C)NC(=O)N(CCSC(C)(C)[C@@H](N)C(=O)O)C1=O. The molecule has 0 aromatic heterocycles. The molecule has 0 aliphatic carbocycles. The van der Waals surface area contributed by atoms with E-state index in [-0.39, 0.29) is 12.5 Å². The fourth-order valence-corrected chi connectivity index (χ4v) is 2.89. The van der Waals surface area contributed by atoms with Crippen molar-refractivity contribution in [2.75, 3.05) is 12.3 Å². The minimum atomic E-state index is -1.07. The van der Waals surface area contributed by atoms with Gasteiger partial charge in [-0.3, -0.25) is 14.5 Å². The maximum Gasteiger partial charge on any atom is 0.325 e. The fraction of sp³-hybridized carbons (Fsp3) is 0.750. The van der Waals surface area contributed by atoms with Gasteiger partial charge in [-0.15, -0.1) is 0 Å². The van der Waals surface area contributed by atoms with Crippen LogP contribution in [0.2, 0.25) is 0 Å². The number of thioether (sulfide) groups is 1. The molecule has 0 aromatic carbocycles. The van der Waals surface area contributed by atoms with E-state index < -0.39 is 28.3 Å². The van der Waals surface area contributed by atoms with Crippen molar-refractivity contribution < 1.29 is 19.5 Å². The van der Waals surface area contributed by atoms with E-state index in [0.717, 1.165) is 4.90 Å². The first-order chi connectivity index (χ1) is 8.99. The molecule has 8 heteroatoms.